The van der Waals surface area contributed by atoms with Gasteiger partial charge in [-0.25, -0.2) is 8.42 Å². The fourth-order valence-electron chi connectivity index (χ4n) is 2.61. The summed E-state index contributed by atoms with van der Waals surface area (Å²) in [6.45, 7) is 4.18. The molecular weight excluding hydrogens is 300 g/mol. The van der Waals surface area contributed by atoms with Crippen molar-refractivity contribution >= 4 is 22.4 Å². The average molecular weight is 323 g/mol. The molecule has 1 aliphatic rings. The van der Waals surface area contributed by atoms with Crippen molar-refractivity contribution in [2.45, 2.75) is 50.1 Å². The zero-order valence-electron chi connectivity index (χ0n) is 12.1. The summed E-state index contributed by atoms with van der Waals surface area (Å²) < 4.78 is 28.6. The van der Waals surface area contributed by atoms with Gasteiger partial charge in [-0.05, 0) is 26.7 Å². The summed E-state index contributed by atoms with van der Waals surface area (Å²) in [5, 5.41) is 4.03. The van der Waals surface area contributed by atoms with Crippen LogP contribution in [0.1, 0.15) is 31.9 Å². The molecule has 2 N–H and O–H groups in total. The topological polar surface area (TPSA) is 81.2 Å². The molecule has 0 spiro atoms. The number of nitrogens with zero attached hydrogens (tertiary/aromatic N) is 3. The SMILES string of the molecule is Cc1c(S(=O)(=O)N2CCCCC2C(C)N)cnn1C.Cl. The van der Waals surface area contributed by atoms with Crippen LogP contribution in [-0.4, -0.2) is 41.1 Å². The first-order chi connectivity index (χ1) is 8.85. The maximum atomic E-state index is 12.8. The molecule has 2 unspecified atom stereocenters. The summed E-state index contributed by atoms with van der Waals surface area (Å²) in [5.41, 5.74) is 6.61. The van der Waals surface area contributed by atoms with E-state index in [-0.39, 0.29) is 24.5 Å². The highest BCUT2D eigenvalue weighted by atomic mass is 35.5. The Labute approximate surface area is 126 Å². The highest BCUT2D eigenvalue weighted by Crippen LogP contribution is 2.27. The average Bonchev–Trinajstić information content (AvgIpc) is 2.70. The van der Waals surface area contributed by atoms with Crippen LogP contribution in [0.2, 0.25) is 0 Å². The van der Waals surface area contributed by atoms with Gasteiger partial charge in [-0.2, -0.15) is 9.40 Å². The summed E-state index contributed by atoms with van der Waals surface area (Å²) in [5.74, 6) is 0. The minimum absolute atomic E-state index is 0. The lowest BCUT2D eigenvalue weighted by atomic mass is 10.00. The Kier molecular flexibility index (Phi) is 5.60. The van der Waals surface area contributed by atoms with Gasteiger partial charge in [0.1, 0.15) is 4.90 Å². The number of sulfonamides is 1. The summed E-state index contributed by atoms with van der Waals surface area (Å²) in [6.07, 6.45) is 4.18. The van der Waals surface area contributed by atoms with Crippen LogP contribution in [0, 0.1) is 6.92 Å². The van der Waals surface area contributed by atoms with Gasteiger partial charge in [0.05, 0.1) is 11.9 Å². The fraction of sp³-hybridized carbons (Fsp3) is 0.750. The first-order valence-electron chi connectivity index (χ1n) is 6.61. The summed E-state index contributed by atoms with van der Waals surface area (Å²) >= 11 is 0. The van der Waals surface area contributed by atoms with Crippen LogP contribution in [0.5, 0.6) is 0 Å². The second-order valence-electron chi connectivity index (χ2n) is 5.26. The maximum Gasteiger partial charge on any atom is 0.246 e. The van der Waals surface area contributed by atoms with Gasteiger partial charge in [0.25, 0.3) is 0 Å². The van der Waals surface area contributed by atoms with Gasteiger partial charge >= 0.3 is 0 Å². The monoisotopic (exact) mass is 322 g/mol. The number of aromatic nitrogens is 2. The van der Waals surface area contributed by atoms with Crippen molar-refractivity contribution in [3.8, 4) is 0 Å². The van der Waals surface area contributed by atoms with Crippen molar-refractivity contribution in [1.82, 2.24) is 14.1 Å². The molecule has 1 aliphatic heterocycles. The molecule has 0 bridgehead atoms. The van der Waals surface area contributed by atoms with E-state index in [0.29, 0.717) is 17.1 Å². The number of hydrogen-bond donors (Lipinski definition) is 1. The van der Waals surface area contributed by atoms with E-state index in [1.807, 2.05) is 6.92 Å². The van der Waals surface area contributed by atoms with Crippen molar-refractivity contribution in [2.24, 2.45) is 12.8 Å². The van der Waals surface area contributed by atoms with Gasteiger partial charge in [0.15, 0.2) is 0 Å². The third-order valence-electron chi connectivity index (χ3n) is 3.88. The first-order valence-corrected chi connectivity index (χ1v) is 8.05. The largest absolute Gasteiger partial charge is 0.326 e. The predicted octanol–water partition coefficient (Wildman–Crippen LogP) is 1.04. The molecule has 20 heavy (non-hydrogen) atoms. The van der Waals surface area contributed by atoms with Crippen LogP contribution >= 0.6 is 12.4 Å². The van der Waals surface area contributed by atoms with Gasteiger partial charge in [-0.3, -0.25) is 4.68 Å². The van der Waals surface area contributed by atoms with Gasteiger partial charge in [-0.15, -0.1) is 12.4 Å². The van der Waals surface area contributed by atoms with Crippen molar-refractivity contribution in [3.63, 3.8) is 0 Å². The second-order valence-corrected chi connectivity index (χ2v) is 7.11. The molecule has 8 heteroatoms. The molecule has 1 saturated heterocycles. The smallest absolute Gasteiger partial charge is 0.246 e. The van der Waals surface area contributed by atoms with E-state index in [1.165, 1.54) is 6.20 Å². The lowest BCUT2D eigenvalue weighted by Crippen LogP contribution is -2.51. The van der Waals surface area contributed by atoms with Crippen LogP contribution in [0.3, 0.4) is 0 Å². The summed E-state index contributed by atoms with van der Waals surface area (Å²) in [4.78, 5) is 0.294. The Morgan fingerprint density at radius 1 is 1.45 bits per heavy atom. The number of halogens is 1. The molecule has 1 fully saturated rings. The maximum absolute atomic E-state index is 12.8. The van der Waals surface area contributed by atoms with Gasteiger partial charge in [-0.1, -0.05) is 6.42 Å². The molecule has 1 aromatic heterocycles. The highest BCUT2D eigenvalue weighted by Gasteiger charge is 2.36. The second kappa shape index (κ2) is 6.43. The molecule has 116 valence electrons. The minimum atomic E-state index is -3.50. The fourth-order valence-corrected chi connectivity index (χ4v) is 4.57. The first kappa shape index (κ1) is 17.4. The van der Waals surface area contributed by atoms with Crippen molar-refractivity contribution in [1.29, 1.82) is 0 Å². The number of nitrogens with two attached hydrogens (primary N) is 1. The van der Waals surface area contributed by atoms with E-state index < -0.39 is 10.0 Å². The Bertz CT molecular complexity index is 556. The van der Waals surface area contributed by atoms with Gasteiger partial charge in [0.2, 0.25) is 10.0 Å². The van der Waals surface area contributed by atoms with Crippen LogP contribution in [0.15, 0.2) is 11.1 Å². The molecule has 0 aliphatic carbocycles. The quantitative estimate of drug-likeness (QED) is 0.901. The molecule has 1 aromatic rings. The Hall–Kier alpha value is -0.630. The molecule has 0 saturated carbocycles. The number of aryl methyl sites for hydroxylation is 1. The van der Waals surface area contributed by atoms with Crippen molar-refractivity contribution in [3.05, 3.63) is 11.9 Å². The third kappa shape index (κ3) is 3.00. The van der Waals surface area contributed by atoms with Crippen LogP contribution in [0.4, 0.5) is 0 Å². The Balaban J connectivity index is 0.00000200. The molecule has 6 nitrogen and oxygen atoms in total. The number of hydrogen-bond acceptors (Lipinski definition) is 4. The molecule has 2 rings (SSSR count). The zero-order valence-corrected chi connectivity index (χ0v) is 13.7. The van der Waals surface area contributed by atoms with Gasteiger partial charge < -0.3 is 5.73 Å². The van der Waals surface area contributed by atoms with Gasteiger partial charge in [0, 0.05) is 25.7 Å². The highest BCUT2D eigenvalue weighted by molar-refractivity contribution is 7.89. The molecule has 0 aromatic carbocycles. The van der Waals surface area contributed by atoms with E-state index in [9.17, 15) is 8.42 Å². The third-order valence-corrected chi connectivity index (χ3v) is 5.91. The van der Waals surface area contributed by atoms with Crippen LogP contribution in [-0.2, 0) is 17.1 Å². The molecule has 0 radical (unpaired) electrons. The normalized spacial score (nSPS) is 22.3. The number of rotatable bonds is 3. The molecule has 2 atom stereocenters. The van der Waals surface area contributed by atoms with E-state index in [4.69, 9.17) is 5.73 Å². The predicted molar refractivity (Wildman–Crippen MR) is 80.4 cm³/mol. The summed E-state index contributed by atoms with van der Waals surface area (Å²) in [6, 6.07) is -0.273. The Morgan fingerprint density at radius 2 is 2.10 bits per heavy atom. The summed E-state index contributed by atoms with van der Waals surface area (Å²) in [7, 11) is -1.75. The zero-order chi connectivity index (χ0) is 14.2. The van der Waals surface area contributed by atoms with Crippen molar-refractivity contribution in [2.75, 3.05) is 6.54 Å². The Morgan fingerprint density at radius 3 is 2.60 bits per heavy atom. The van der Waals surface area contributed by atoms with E-state index >= 15 is 0 Å². The van der Waals surface area contributed by atoms with E-state index in [1.54, 1.807) is 23.0 Å². The molecular formula is C12H23ClN4O2S. The van der Waals surface area contributed by atoms with E-state index in [2.05, 4.69) is 5.10 Å². The van der Waals surface area contributed by atoms with E-state index in [0.717, 1.165) is 19.3 Å². The number of piperidine rings is 1. The lowest BCUT2D eigenvalue weighted by molar-refractivity contribution is 0.227. The molecule has 2 heterocycles. The molecule has 0 amide bonds. The van der Waals surface area contributed by atoms with Crippen molar-refractivity contribution < 1.29 is 8.42 Å². The standard InChI is InChI=1S/C12H22N4O2S.ClH/c1-9(13)11-6-4-5-7-16(11)19(17,18)12-8-14-15(3)10(12)2;/h8-9,11H,4-7,13H2,1-3H3;1H. The lowest BCUT2D eigenvalue weighted by Gasteiger charge is -2.36. The van der Waals surface area contributed by atoms with Crippen LogP contribution in [0.25, 0.3) is 0 Å². The van der Waals surface area contributed by atoms with Crippen LogP contribution < -0.4 is 5.73 Å². The minimum Gasteiger partial charge on any atom is -0.326 e.